The summed E-state index contributed by atoms with van der Waals surface area (Å²) in [6.45, 7) is 4.22. The first kappa shape index (κ1) is 14.9. The van der Waals surface area contributed by atoms with Crippen molar-refractivity contribution in [1.29, 1.82) is 0 Å². The van der Waals surface area contributed by atoms with Crippen LogP contribution in [-0.2, 0) is 11.2 Å². The quantitative estimate of drug-likeness (QED) is 0.648. The van der Waals surface area contributed by atoms with Gasteiger partial charge in [0.2, 0.25) is 0 Å². The van der Waals surface area contributed by atoms with Crippen LogP contribution < -0.4 is 11.1 Å². The minimum absolute atomic E-state index is 0.332. The Hall–Kier alpha value is -2.49. The van der Waals surface area contributed by atoms with E-state index in [0.29, 0.717) is 23.5 Å². The largest absolute Gasteiger partial charge is 0.462 e. The van der Waals surface area contributed by atoms with Crippen LogP contribution in [0, 0.1) is 0 Å². The highest BCUT2D eigenvalue weighted by molar-refractivity contribution is 5.97. The number of nitrogen functional groups attached to an aromatic ring is 1. The lowest BCUT2D eigenvalue weighted by Gasteiger charge is -2.13. The summed E-state index contributed by atoms with van der Waals surface area (Å²) >= 11 is 0. The Labute approximate surface area is 124 Å². The third-order valence-corrected chi connectivity index (χ3v) is 3.15. The van der Waals surface area contributed by atoms with Gasteiger partial charge in [-0.2, -0.15) is 0 Å². The number of anilines is 3. The van der Waals surface area contributed by atoms with Crippen molar-refractivity contribution >= 4 is 23.0 Å². The van der Waals surface area contributed by atoms with Gasteiger partial charge in [0.05, 0.1) is 17.9 Å². The van der Waals surface area contributed by atoms with Crippen molar-refractivity contribution in [1.82, 2.24) is 0 Å². The van der Waals surface area contributed by atoms with Gasteiger partial charge in [0.25, 0.3) is 0 Å². The Morgan fingerprint density at radius 3 is 2.71 bits per heavy atom. The predicted octanol–water partition coefficient (Wildman–Crippen LogP) is 3.75. The summed E-state index contributed by atoms with van der Waals surface area (Å²) in [6.07, 6.45) is 0.960. The van der Waals surface area contributed by atoms with Gasteiger partial charge in [0.1, 0.15) is 0 Å². The molecular formula is C17H20N2O2. The lowest BCUT2D eigenvalue weighted by atomic mass is 10.1. The maximum atomic E-state index is 12.0. The molecule has 0 bridgehead atoms. The molecule has 0 aliphatic rings. The van der Waals surface area contributed by atoms with E-state index in [-0.39, 0.29) is 5.97 Å². The number of carbonyl (C=O) groups is 1. The molecule has 0 fully saturated rings. The Balaban J connectivity index is 2.32. The van der Waals surface area contributed by atoms with Crippen molar-refractivity contribution in [2.45, 2.75) is 20.3 Å². The van der Waals surface area contributed by atoms with Crippen LogP contribution in [0.1, 0.15) is 29.8 Å². The summed E-state index contributed by atoms with van der Waals surface area (Å²) in [4.78, 5) is 12.0. The smallest absolute Gasteiger partial charge is 0.340 e. The summed E-state index contributed by atoms with van der Waals surface area (Å²) in [5.41, 5.74) is 9.60. The Kier molecular flexibility index (Phi) is 4.82. The van der Waals surface area contributed by atoms with Gasteiger partial charge in [-0.3, -0.25) is 0 Å². The molecule has 0 unspecified atom stereocenters. The number of rotatable bonds is 5. The van der Waals surface area contributed by atoms with Gasteiger partial charge in [-0.1, -0.05) is 19.1 Å². The normalized spacial score (nSPS) is 10.2. The van der Waals surface area contributed by atoms with Crippen LogP contribution in [0.25, 0.3) is 0 Å². The summed E-state index contributed by atoms with van der Waals surface area (Å²) in [7, 11) is 0. The van der Waals surface area contributed by atoms with E-state index in [1.54, 1.807) is 25.1 Å². The van der Waals surface area contributed by atoms with E-state index in [1.807, 2.05) is 12.1 Å². The molecule has 4 heteroatoms. The molecule has 110 valence electrons. The molecule has 2 rings (SSSR count). The molecule has 0 heterocycles. The zero-order valence-corrected chi connectivity index (χ0v) is 12.3. The van der Waals surface area contributed by atoms with E-state index in [2.05, 4.69) is 24.4 Å². The average Bonchev–Trinajstić information content (AvgIpc) is 2.49. The molecule has 0 atom stereocenters. The monoisotopic (exact) mass is 284 g/mol. The van der Waals surface area contributed by atoms with Crippen molar-refractivity contribution in [2.75, 3.05) is 17.7 Å². The summed E-state index contributed by atoms with van der Waals surface area (Å²) in [5, 5.41) is 3.26. The molecule has 0 spiro atoms. The lowest BCUT2D eigenvalue weighted by Crippen LogP contribution is -2.08. The first-order valence-electron chi connectivity index (χ1n) is 7.06. The highest BCUT2D eigenvalue weighted by atomic mass is 16.5. The third kappa shape index (κ3) is 3.75. The number of nitrogens with two attached hydrogens (primary N) is 1. The standard InChI is InChI=1S/C17H20N2O2/c1-3-12-6-5-7-14(10-12)19-16-9-8-13(18)11-15(16)17(20)21-4-2/h5-11,19H,3-4,18H2,1-2H3. The zero-order chi connectivity index (χ0) is 15.2. The van der Waals surface area contributed by atoms with Gasteiger partial charge in [-0.25, -0.2) is 4.79 Å². The zero-order valence-electron chi connectivity index (χ0n) is 12.3. The number of esters is 1. The van der Waals surface area contributed by atoms with Gasteiger partial charge in [-0.15, -0.1) is 0 Å². The number of ether oxygens (including phenoxy) is 1. The molecule has 2 aromatic rings. The molecule has 4 nitrogen and oxygen atoms in total. The van der Waals surface area contributed by atoms with Crippen molar-refractivity contribution in [3.8, 4) is 0 Å². The van der Waals surface area contributed by atoms with Crippen LogP contribution in [0.2, 0.25) is 0 Å². The van der Waals surface area contributed by atoms with E-state index < -0.39 is 0 Å². The second kappa shape index (κ2) is 6.79. The lowest BCUT2D eigenvalue weighted by molar-refractivity contribution is 0.0527. The molecule has 0 aromatic heterocycles. The Morgan fingerprint density at radius 1 is 1.19 bits per heavy atom. The number of hydrogen-bond donors (Lipinski definition) is 2. The molecule has 21 heavy (non-hydrogen) atoms. The first-order chi connectivity index (χ1) is 10.1. The van der Waals surface area contributed by atoms with Crippen molar-refractivity contribution in [2.24, 2.45) is 0 Å². The van der Waals surface area contributed by atoms with E-state index in [1.165, 1.54) is 5.56 Å². The number of nitrogens with one attached hydrogen (secondary N) is 1. The van der Waals surface area contributed by atoms with Crippen LogP contribution in [0.3, 0.4) is 0 Å². The third-order valence-electron chi connectivity index (χ3n) is 3.15. The number of aryl methyl sites for hydroxylation is 1. The highest BCUT2D eigenvalue weighted by Gasteiger charge is 2.13. The maximum Gasteiger partial charge on any atom is 0.340 e. The second-order valence-electron chi connectivity index (χ2n) is 4.70. The van der Waals surface area contributed by atoms with Crippen LogP contribution in [0.4, 0.5) is 17.1 Å². The van der Waals surface area contributed by atoms with E-state index in [0.717, 1.165) is 12.1 Å². The molecule has 0 aliphatic heterocycles. The number of benzene rings is 2. The first-order valence-corrected chi connectivity index (χ1v) is 7.06. The molecule has 3 N–H and O–H groups in total. The maximum absolute atomic E-state index is 12.0. The minimum Gasteiger partial charge on any atom is -0.462 e. The summed E-state index contributed by atoms with van der Waals surface area (Å²) in [6, 6.07) is 13.3. The summed E-state index contributed by atoms with van der Waals surface area (Å²) in [5.74, 6) is -0.376. The van der Waals surface area contributed by atoms with E-state index in [4.69, 9.17) is 10.5 Å². The second-order valence-corrected chi connectivity index (χ2v) is 4.70. The van der Waals surface area contributed by atoms with Crippen LogP contribution in [-0.4, -0.2) is 12.6 Å². The van der Waals surface area contributed by atoms with Gasteiger partial charge in [0.15, 0.2) is 0 Å². The Morgan fingerprint density at radius 2 is 2.00 bits per heavy atom. The van der Waals surface area contributed by atoms with Crippen LogP contribution >= 0.6 is 0 Å². The minimum atomic E-state index is -0.376. The SMILES string of the molecule is CCOC(=O)c1cc(N)ccc1Nc1cccc(CC)c1. The summed E-state index contributed by atoms with van der Waals surface area (Å²) < 4.78 is 5.07. The fourth-order valence-electron chi connectivity index (χ4n) is 2.07. The molecule has 0 aliphatic carbocycles. The van der Waals surface area contributed by atoms with Crippen molar-refractivity contribution in [3.63, 3.8) is 0 Å². The molecule has 2 aromatic carbocycles. The van der Waals surface area contributed by atoms with Gasteiger partial charge in [0, 0.05) is 11.4 Å². The van der Waals surface area contributed by atoms with Crippen molar-refractivity contribution < 1.29 is 9.53 Å². The topological polar surface area (TPSA) is 64.3 Å². The van der Waals surface area contributed by atoms with E-state index >= 15 is 0 Å². The molecule has 0 amide bonds. The number of hydrogen-bond acceptors (Lipinski definition) is 4. The fraction of sp³-hybridized carbons (Fsp3) is 0.235. The van der Waals surface area contributed by atoms with Gasteiger partial charge >= 0.3 is 5.97 Å². The molecule has 0 saturated carbocycles. The number of carbonyl (C=O) groups excluding carboxylic acids is 1. The molecule has 0 saturated heterocycles. The Bertz CT molecular complexity index is 638. The predicted molar refractivity (Wildman–Crippen MR) is 85.9 cm³/mol. The highest BCUT2D eigenvalue weighted by Crippen LogP contribution is 2.24. The fourth-order valence-corrected chi connectivity index (χ4v) is 2.07. The van der Waals surface area contributed by atoms with Gasteiger partial charge < -0.3 is 15.8 Å². The van der Waals surface area contributed by atoms with Crippen molar-refractivity contribution in [3.05, 3.63) is 53.6 Å². The van der Waals surface area contributed by atoms with Crippen LogP contribution in [0.15, 0.2) is 42.5 Å². The molecule has 0 radical (unpaired) electrons. The molecular weight excluding hydrogens is 264 g/mol. The van der Waals surface area contributed by atoms with E-state index in [9.17, 15) is 4.79 Å². The van der Waals surface area contributed by atoms with Gasteiger partial charge in [-0.05, 0) is 49.2 Å². The average molecular weight is 284 g/mol. The van der Waals surface area contributed by atoms with Crippen LogP contribution in [0.5, 0.6) is 0 Å².